The Hall–Kier alpha value is -3.41. The zero-order chi connectivity index (χ0) is 47.2. The molecule has 0 heterocycles. The van der Waals surface area contributed by atoms with Gasteiger partial charge in [0.2, 0.25) is 0 Å². The van der Waals surface area contributed by atoms with Crippen molar-refractivity contribution < 1.29 is 28.6 Å². The zero-order valence-electron chi connectivity index (χ0n) is 42.5. The maximum Gasteiger partial charge on any atom is 0.306 e. The van der Waals surface area contributed by atoms with E-state index in [1.165, 1.54) is 103 Å². The van der Waals surface area contributed by atoms with Crippen molar-refractivity contribution in [3.8, 4) is 0 Å². The molecule has 0 rings (SSSR count). The fourth-order valence-electron chi connectivity index (χ4n) is 7.37. The lowest BCUT2D eigenvalue weighted by Crippen LogP contribution is -2.30. The molecule has 0 saturated heterocycles. The Balaban J connectivity index is 4.39. The van der Waals surface area contributed by atoms with Gasteiger partial charge in [-0.3, -0.25) is 14.4 Å². The van der Waals surface area contributed by atoms with Gasteiger partial charge in [-0.1, -0.05) is 215 Å². The van der Waals surface area contributed by atoms with E-state index in [0.29, 0.717) is 19.3 Å². The van der Waals surface area contributed by atoms with Crippen LogP contribution in [0.2, 0.25) is 0 Å². The molecule has 6 heteroatoms. The van der Waals surface area contributed by atoms with Crippen molar-refractivity contribution in [1.29, 1.82) is 0 Å². The van der Waals surface area contributed by atoms with Crippen molar-refractivity contribution in [2.45, 2.75) is 258 Å². The van der Waals surface area contributed by atoms with Crippen molar-refractivity contribution in [3.63, 3.8) is 0 Å². The van der Waals surface area contributed by atoms with Crippen molar-refractivity contribution in [3.05, 3.63) is 85.1 Å². The molecule has 0 bridgehead atoms. The Morgan fingerprint density at radius 3 is 1.03 bits per heavy atom. The fourth-order valence-corrected chi connectivity index (χ4v) is 7.37. The van der Waals surface area contributed by atoms with E-state index in [1.807, 2.05) is 0 Å². The van der Waals surface area contributed by atoms with Crippen LogP contribution in [0.15, 0.2) is 85.1 Å². The van der Waals surface area contributed by atoms with Gasteiger partial charge in [-0.05, 0) is 103 Å². The molecule has 1 atom stereocenters. The molecule has 65 heavy (non-hydrogen) atoms. The van der Waals surface area contributed by atoms with Crippen LogP contribution in [0.3, 0.4) is 0 Å². The molecule has 0 aliphatic heterocycles. The quantitative estimate of drug-likeness (QED) is 0.0199. The molecule has 0 aliphatic rings. The van der Waals surface area contributed by atoms with Gasteiger partial charge in [0.15, 0.2) is 6.10 Å². The van der Waals surface area contributed by atoms with Crippen molar-refractivity contribution >= 4 is 17.9 Å². The molecule has 0 saturated carbocycles. The predicted octanol–water partition coefficient (Wildman–Crippen LogP) is 18.0. The summed E-state index contributed by atoms with van der Waals surface area (Å²) in [6, 6.07) is 0. The summed E-state index contributed by atoms with van der Waals surface area (Å²) in [5.41, 5.74) is 0. The predicted molar refractivity (Wildman–Crippen MR) is 279 cm³/mol. The highest BCUT2D eigenvalue weighted by atomic mass is 16.6. The van der Waals surface area contributed by atoms with Gasteiger partial charge in [0, 0.05) is 19.3 Å². The minimum absolute atomic E-state index is 0.0903. The van der Waals surface area contributed by atoms with Gasteiger partial charge in [-0.25, -0.2) is 0 Å². The van der Waals surface area contributed by atoms with Gasteiger partial charge in [-0.15, -0.1) is 0 Å². The molecule has 6 nitrogen and oxygen atoms in total. The Kier molecular flexibility index (Phi) is 50.4. The summed E-state index contributed by atoms with van der Waals surface area (Å²) in [7, 11) is 0. The zero-order valence-corrected chi connectivity index (χ0v) is 42.5. The largest absolute Gasteiger partial charge is 0.462 e. The number of hydrogen-bond donors (Lipinski definition) is 0. The highest BCUT2D eigenvalue weighted by Crippen LogP contribution is 2.15. The van der Waals surface area contributed by atoms with Gasteiger partial charge in [0.1, 0.15) is 13.2 Å². The smallest absolute Gasteiger partial charge is 0.306 e. The third-order valence-electron chi connectivity index (χ3n) is 11.4. The van der Waals surface area contributed by atoms with Gasteiger partial charge in [0.25, 0.3) is 0 Å². The summed E-state index contributed by atoms with van der Waals surface area (Å²) in [4.78, 5) is 38.1. The highest BCUT2D eigenvalue weighted by Gasteiger charge is 2.19. The topological polar surface area (TPSA) is 78.9 Å². The number of rotatable bonds is 48. The molecular weight excluding hydrogens is 805 g/mol. The molecule has 0 spiro atoms. The Labute approximate surface area is 401 Å². The van der Waals surface area contributed by atoms with Crippen LogP contribution in [-0.2, 0) is 28.6 Å². The van der Waals surface area contributed by atoms with E-state index < -0.39 is 6.10 Å². The number of unbranched alkanes of at least 4 members (excludes halogenated alkanes) is 24. The molecule has 0 radical (unpaired) electrons. The molecule has 0 amide bonds. The highest BCUT2D eigenvalue weighted by molar-refractivity contribution is 5.71. The molecular formula is C59H100O6. The van der Waals surface area contributed by atoms with Crippen LogP contribution >= 0.6 is 0 Å². The van der Waals surface area contributed by atoms with E-state index in [4.69, 9.17) is 14.2 Å². The van der Waals surface area contributed by atoms with E-state index in [9.17, 15) is 14.4 Å². The second-order valence-corrected chi connectivity index (χ2v) is 17.8. The van der Waals surface area contributed by atoms with Crippen LogP contribution in [0.4, 0.5) is 0 Å². The third-order valence-corrected chi connectivity index (χ3v) is 11.4. The summed E-state index contributed by atoms with van der Waals surface area (Å²) in [6.45, 7) is 6.37. The van der Waals surface area contributed by atoms with Gasteiger partial charge < -0.3 is 14.2 Å². The molecule has 372 valence electrons. The second kappa shape index (κ2) is 53.2. The molecule has 0 aromatic carbocycles. The number of carbonyl (C=O) groups excluding carboxylic acids is 3. The lowest BCUT2D eigenvalue weighted by atomic mass is 10.1. The first-order valence-corrected chi connectivity index (χ1v) is 27.1. The summed E-state index contributed by atoms with van der Waals surface area (Å²) in [5, 5.41) is 0. The fraction of sp³-hybridized carbons (Fsp3) is 0.712. The first-order chi connectivity index (χ1) is 32.0. The maximum absolute atomic E-state index is 12.8. The van der Waals surface area contributed by atoms with Crippen LogP contribution in [-0.4, -0.2) is 37.2 Å². The lowest BCUT2D eigenvalue weighted by molar-refractivity contribution is -0.167. The third kappa shape index (κ3) is 51.4. The van der Waals surface area contributed by atoms with Crippen LogP contribution in [0.25, 0.3) is 0 Å². The number of esters is 3. The van der Waals surface area contributed by atoms with E-state index in [-0.39, 0.29) is 31.1 Å². The Bertz CT molecular complexity index is 1270. The van der Waals surface area contributed by atoms with E-state index >= 15 is 0 Å². The van der Waals surface area contributed by atoms with Crippen LogP contribution < -0.4 is 0 Å². The molecule has 0 aromatic heterocycles. The van der Waals surface area contributed by atoms with Crippen molar-refractivity contribution in [2.24, 2.45) is 0 Å². The molecule has 0 fully saturated rings. The SMILES string of the molecule is CC/C=C\C/C=C\C/C=C\CCCCCCC(=O)OC(COC(=O)CCCCCCCCC/C=C\C/C=C\CC)COC(=O)CCCCCCCCCCCC/C=C\C=C/CCCCC. The van der Waals surface area contributed by atoms with E-state index in [1.54, 1.807) is 0 Å². The number of carbonyl (C=O) groups is 3. The standard InChI is InChI=1S/C59H100O6/c1-4-7-10-13-16-19-22-25-28-29-30-31-32-35-37-40-43-46-49-52-58(61)64-55-56(65-59(62)53-50-47-44-41-38-34-27-24-21-18-15-12-9-6-3)54-63-57(60)51-48-45-42-39-36-33-26-23-20-17-14-11-8-5-2/h8-9,11-12,16-22,25,27,34,56H,4-7,10,13-15,23-24,26,28-33,35-55H2,1-3H3/b11-8-,12-9-,19-16-,20-17-,21-18-,25-22-,34-27-. The monoisotopic (exact) mass is 905 g/mol. The Morgan fingerprint density at radius 1 is 0.338 bits per heavy atom. The summed E-state index contributed by atoms with van der Waals surface area (Å²) < 4.78 is 16.8. The van der Waals surface area contributed by atoms with Crippen LogP contribution in [0.5, 0.6) is 0 Å². The van der Waals surface area contributed by atoms with Crippen molar-refractivity contribution in [1.82, 2.24) is 0 Å². The summed E-state index contributed by atoms with van der Waals surface area (Å²) in [5.74, 6) is -0.923. The molecule has 0 N–H and O–H groups in total. The van der Waals surface area contributed by atoms with Gasteiger partial charge >= 0.3 is 17.9 Å². The molecule has 0 aliphatic carbocycles. The van der Waals surface area contributed by atoms with Crippen LogP contribution in [0, 0.1) is 0 Å². The summed E-state index contributed by atoms with van der Waals surface area (Å²) in [6.07, 6.45) is 68.5. The molecule has 0 aromatic rings. The number of hydrogen-bond acceptors (Lipinski definition) is 6. The first-order valence-electron chi connectivity index (χ1n) is 27.1. The molecule has 1 unspecified atom stereocenters. The lowest BCUT2D eigenvalue weighted by Gasteiger charge is -2.18. The maximum atomic E-state index is 12.8. The number of allylic oxidation sites excluding steroid dienone is 14. The Morgan fingerprint density at radius 2 is 0.646 bits per heavy atom. The first kappa shape index (κ1) is 61.6. The normalized spacial score (nSPS) is 12.7. The van der Waals surface area contributed by atoms with Gasteiger partial charge in [0.05, 0.1) is 0 Å². The van der Waals surface area contributed by atoms with E-state index in [0.717, 1.165) is 109 Å². The van der Waals surface area contributed by atoms with Crippen LogP contribution in [0.1, 0.15) is 252 Å². The van der Waals surface area contributed by atoms with Crippen molar-refractivity contribution in [2.75, 3.05) is 13.2 Å². The average Bonchev–Trinajstić information content (AvgIpc) is 3.30. The minimum Gasteiger partial charge on any atom is -0.462 e. The van der Waals surface area contributed by atoms with E-state index in [2.05, 4.69) is 106 Å². The van der Waals surface area contributed by atoms with Gasteiger partial charge in [-0.2, -0.15) is 0 Å². The minimum atomic E-state index is -0.793. The second-order valence-electron chi connectivity index (χ2n) is 17.8. The summed E-state index contributed by atoms with van der Waals surface area (Å²) >= 11 is 0. The average molecular weight is 905 g/mol. The number of ether oxygens (including phenoxy) is 3.